The fourth-order valence-corrected chi connectivity index (χ4v) is 8.71. The molecule has 0 aromatic carbocycles. The molecule has 4 fully saturated rings. The third-order valence-corrected chi connectivity index (χ3v) is 10.3. The lowest BCUT2D eigenvalue weighted by Gasteiger charge is -2.65. The Labute approximate surface area is 184 Å². The number of cyclic esters (lactones) is 1. The largest absolute Gasteiger partial charge is 0.462 e. The minimum atomic E-state index is -0.947. The summed E-state index contributed by atoms with van der Waals surface area (Å²) >= 11 is 0. The maximum atomic E-state index is 12.4. The minimum absolute atomic E-state index is 0.0343. The SMILES string of the molecule is CC(=O)OC1CC2C(CCC3CC(O)CCC32C)C2(O)CCC(C3=CC(=O)OC3)C12C. The summed E-state index contributed by atoms with van der Waals surface area (Å²) in [6.07, 6.45) is 7.69. The van der Waals surface area contributed by atoms with Gasteiger partial charge in [-0.25, -0.2) is 4.79 Å². The molecule has 0 aromatic heterocycles. The summed E-state index contributed by atoms with van der Waals surface area (Å²) in [6, 6.07) is 0. The number of ether oxygens (including phenoxy) is 2. The van der Waals surface area contributed by atoms with Gasteiger partial charge >= 0.3 is 11.9 Å². The molecule has 5 rings (SSSR count). The summed E-state index contributed by atoms with van der Waals surface area (Å²) < 4.78 is 11.2. The first-order valence-electron chi connectivity index (χ1n) is 12.0. The first kappa shape index (κ1) is 21.4. The van der Waals surface area contributed by atoms with Gasteiger partial charge in [-0.3, -0.25) is 4.79 Å². The Morgan fingerprint density at radius 2 is 1.90 bits per heavy atom. The highest BCUT2D eigenvalue weighted by Gasteiger charge is 2.71. The highest BCUT2D eigenvalue weighted by molar-refractivity contribution is 5.85. The van der Waals surface area contributed by atoms with Gasteiger partial charge < -0.3 is 19.7 Å². The fourth-order valence-electron chi connectivity index (χ4n) is 8.71. The van der Waals surface area contributed by atoms with Crippen molar-refractivity contribution in [3.05, 3.63) is 11.6 Å². The van der Waals surface area contributed by atoms with Gasteiger partial charge in [0, 0.05) is 18.4 Å². The number of rotatable bonds is 2. The Morgan fingerprint density at radius 3 is 2.58 bits per heavy atom. The van der Waals surface area contributed by atoms with Gasteiger partial charge in [0.15, 0.2) is 0 Å². The van der Waals surface area contributed by atoms with E-state index in [1.807, 2.05) is 0 Å². The topological polar surface area (TPSA) is 93.1 Å². The molecule has 0 aromatic rings. The van der Waals surface area contributed by atoms with Gasteiger partial charge in [0.25, 0.3) is 0 Å². The molecule has 1 aliphatic heterocycles. The Bertz CT molecular complexity index is 821. The molecule has 6 nitrogen and oxygen atoms in total. The van der Waals surface area contributed by atoms with Gasteiger partial charge in [0.2, 0.25) is 0 Å². The molecule has 5 aliphatic rings. The number of carbonyl (C=O) groups is 2. The van der Waals surface area contributed by atoms with E-state index >= 15 is 0 Å². The van der Waals surface area contributed by atoms with Crippen LogP contribution >= 0.6 is 0 Å². The fraction of sp³-hybridized carbons (Fsp3) is 0.840. The van der Waals surface area contributed by atoms with Crippen molar-refractivity contribution in [2.75, 3.05) is 6.61 Å². The first-order valence-corrected chi connectivity index (χ1v) is 12.0. The van der Waals surface area contributed by atoms with Crippen LogP contribution < -0.4 is 0 Å². The highest BCUT2D eigenvalue weighted by Crippen LogP contribution is 2.70. The molecule has 9 unspecified atom stereocenters. The van der Waals surface area contributed by atoms with Gasteiger partial charge in [-0.05, 0) is 86.0 Å². The van der Waals surface area contributed by atoms with Crippen LogP contribution in [0.25, 0.3) is 0 Å². The van der Waals surface area contributed by atoms with E-state index in [0.29, 0.717) is 12.3 Å². The summed E-state index contributed by atoms with van der Waals surface area (Å²) in [7, 11) is 0. The van der Waals surface area contributed by atoms with Crippen LogP contribution in [0, 0.1) is 34.5 Å². The molecule has 0 radical (unpaired) electrons. The van der Waals surface area contributed by atoms with Crippen LogP contribution in [0.2, 0.25) is 0 Å². The molecule has 172 valence electrons. The van der Waals surface area contributed by atoms with E-state index in [1.54, 1.807) is 6.08 Å². The smallest absolute Gasteiger partial charge is 0.331 e. The molecule has 0 spiro atoms. The van der Waals surface area contributed by atoms with Crippen LogP contribution in [0.5, 0.6) is 0 Å². The van der Waals surface area contributed by atoms with Crippen LogP contribution in [0.3, 0.4) is 0 Å². The third kappa shape index (κ3) is 2.90. The summed E-state index contributed by atoms with van der Waals surface area (Å²) in [4.78, 5) is 24.0. The van der Waals surface area contributed by atoms with Crippen LogP contribution in [0.15, 0.2) is 11.6 Å². The lowest BCUT2D eigenvalue weighted by atomic mass is 9.42. The standard InChI is InChI=1S/C25H36O6/c1-14(26)31-21-12-20-19(5-4-16-11-17(27)6-8-23(16,20)2)25(29)9-7-18(24(21,25)3)15-10-22(28)30-13-15/h10,16-21,27,29H,4-9,11-13H2,1-3H3. The zero-order valence-corrected chi connectivity index (χ0v) is 18.9. The van der Waals surface area contributed by atoms with Gasteiger partial charge in [-0.2, -0.15) is 0 Å². The lowest BCUT2D eigenvalue weighted by Crippen LogP contribution is -2.67. The molecule has 4 aliphatic carbocycles. The summed E-state index contributed by atoms with van der Waals surface area (Å²) in [5.74, 6) is 0.180. The highest BCUT2D eigenvalue weighted by atomic mass is 16.5. The number of esters is 2. The van der Waals surface area contributed by atoms with Gasteiger partial charge in [-0.1, -0.05) is 13.8 Å². The molecule has 0 saturated heterocycles. The Hall–Kier alpha value is -1.40. The molecule has 2 N–H and O–H groups in total. The summed E-state index contributed by atoms with van der Waals surface area (Å²) in [5, 5.41) is 22.7. The van der Waals surface area contributed by atoms with Crippen LogP contribution in [0.4, 0.5) is 0 Å². The average molecular weight is 433 g/mol. The Balaban J connectivity index is 1.56. The quantitative estimate of drug-likeness (QED) is 0.651. The zero-order chi connectivity index (χ0) is 22.2. The number of aliphatic hydroxyl groups excluding tert-OH is 1. The second kappa shape index (κ2) is 7.05. The number of hydrogen-bond donors (Lipinski definition) is 2. The lowest BCUT2D eigenvalue weighted by molar-refractivity contribution is -0.250. The van der Waals surface area contributed by atoms with Crippen molar-refractivity contribution in [2.24, 2.45) is 34.5 Å². The van der Waals surface area contributed by atoms with E-state index < -0.39 is 17.1 Å². The van der Waals surface area contributed by atoms with E-state index in [2.05, 4.69) is 13.8 Å². The van der Waals surface area contributed by atoms with Crippen molar-refractivity contribution in [3.8, 4) is 0 Å². The van der Waals surface area contributed by atoms with Gasteiger partial charge in [0.05, 0.1) is 11.7 Å². The maximum absolute atomic E-state index is 12.4. The number of hydrogen-bond acceptors (Lipinski definition) is 6. The number of fused-ring (bicyclic) bond motifs is 5. The average Bonchev–Trinajstić information content (AvgIpc) is 3.24. The third-order valence-electron chi connectivity index (χ3n) is 10.3. The van der Waals surface area contributed by atoms with E-state index in [1.165, 1.54) is 6.92 Å². The van der Waals surface area contributed by atoms with Crippen molar-refractivity contribution < 1.29 is 29.3 Å². The molecule has 9 atom stereocenters. The molecule has 6 heteroatoms. The van der Waals surface area contributed by atoms with Crippen molar-refractivity contribution in [1.82, 2.24) is 0 Å². The molecule has 31 heavy (non-hydrogen) atoms. The van der Waals surface area contributed by atoms with Crippen LogP contribution in [-0.4, -0.2) is 46.6 Å². The normalized spacial score (nSPS) is 51.3. The second-order valence-corrected chi connectivity index (χ2v) is 11.4. The van der Waals surface area contributed by atoms with Crippen LogP contribution in [0.1, 0.15) is 72.1 Å². The summed E-state index contributed by atoms with van der Waals surface area (Å²) in [5.41, 5.74) is -0.616. The predicted molar refractivity (Wildman–Crippen MR) is 113 cm³/mol. The Kier molecular flexibility index (Phi) is 4.88. The number of aliphatic hydroxyl groups is 2. The molecular weight excluding hydrogens is 396 g/mol. The monoisotopic (exact) mass is 432 g/mol. The first-order chi connectivity index (χ1) is 14.6. The van der Waals surface area contributed by atoms with E-state index in [-0.39, 0.29) is 47.8 Å². The maximum Gasteiger partial charge on any atom is 0.331 e. The van der Waals surface area contributed by atoms with E-state index in [0.717, 1.165) is 50.5 Å². The van der Waals surface area contributed by atoms with E-state index in [9.17, 15) is 19.8 Å². The molecule has 0 amide bonds. The Morgan fingerprint density at radius 1 is 1.13 bits per heavy atom. The zero-order valence-electron chi connectivity index (χ0n) is 18.9. The van der Waals surface area contributed by atoms with Gasteiger partial charge in [0.1, 0.15) is 12.7 Å². The predicted octanol–water partition coefficient (Wildman–Crippen LogP) is 3.15. The number of carbonyl (C=O) groups excluding carboxylic acids is 2. The van der Waals surface area contributed by atoms with Crippen molar-refractivity contribution in [3.63, 3.8) is 0 Å². The molecule has 0 bridgehead atoms. The van der Waals surface area contributed by atoms with E-state index in [4.69, 9.17) is 9.47 Å². The molecule has 4 saturated carbocycles. The van der Waals surface area contributed by atoms with Crippen molar-refractivity contribution in [1.29, 1.82) is 0 Å². The van der Waals surface area contributed by atoms with Crippen molar-refractivity contribution >= 4 is 11.9 Å². The van der Waals surface area contributed by atoms with Gasteiger partial charge in [-0.15, -0.1) is 0 Å². The van der Waals surface area contributed by atoms with Crippen molar-refractivity contribution in [2.45, 2.75) is 89.9 Å². The molecular formula is C25H36O6. The minimum Gasteiger partial charge on any atom is -0.462 e. The second-order valence-electron chi connectivity index (χ2n) is 11.4. The summed E-state index contributed by atoms with van der Waals surface area (Å²) in [6.45, 7) is 6.14. The van der Waals surface area contributed by atoms with Crippen LogP contribution in [-0.2, 0) is 19.1 Å². The molecule has 1 heterocycles.